The van der Waals surface area contributed by atoms with Crippen LogP contribution in [0.4, 0.5) is 5.69 Å². The highest BCUT2D eigenvalue weighted by atomic mass is 35.5. The molecule has 1 amide bonds. The van der Waals surface area contributed by atoms with Crippen LogP contribution in [0.3, 0.4) is 0 Å². The smallest absolute Gasteiger partial charge is 0.228 e. The number of pyridine rings is 1. The molecule has 3 rings (SSSR count). The number of amides is 1. The molecule has 0 unspecified atom stereocenters. The Morgan fingerprint density at radius 3 is 2.78 bits per heavy atom. The maximum Gasteiger partial charge on any atom is 0.228 e. The second kappa shape index (κ2) is 6.81. The lowest BCUT2D eigenvalue weighted by Crippen LogP contribution is -2.17. The van der Waals surface area contributed by atoms with E-state index in [1.54, 1.807) is 59.7 Å². The SMILES string of the molecule is O=C(Cc1ccc(Cl)cc1Cl)Nc1cccnc1-n1cccn1. The minimum absolute atomic E-state index is 0.142. The zero-order valence-electron chi connectivity index (χ0n) is 11.9. The second-order valence-electron chi connectivity index (χ2n) is 4.79. The number of hydrogen-bond acceptors (Lipinski definition) is 3. The second-order valence-corrected chi connectivity index (χ2v) is 5.63. The van der Waals surface area contributed by atoms with E-state index in [4.69, 9.17) is 23.2 Å². The molecule has 0 saturated heterocycles. The summed E-state index contributed by atoms with van der Waals surface area (Å²) >= 11 is 12.0. The van der Waals surface area contributed by atoms with Crippen LogP contribution in [-0.2, 0) is 11.2 Å². The standard InChI is InChI=1S/C16H12Cl2N4O/c17-12-5-4-11(13(18)10-12)9-15(23)21-14-3-1-6-19-16(14)22-8-2-7-20-22/h1-8,10H,9H2,(H,21,23). The Kier molecular flexibility index (Phi) is 4.60. The van der Waals surface area contributed by atoms with E-state index < -0.39 is 0 Å². The first kappa shape index (κ1) is 15.5. The summed E-state index contributed by atoms with van der Waals surface area (Å²) in [6.45, 7) is 0. The van der Waals surface area contributed by atoms with E-state index >= 15 is 0 Å². The highest BCUT2D eigenvalue weighted by Crippen LogP contribution is 2.22. The Labute approximate surface area is 142 Å². The van der Waals surface area contributed by atoms with Gasteiger partial charge in [-0.2, -0.15) is 5.10 Å². The fourth-order valence-corrected chi connectivity index (χ4v) is 2.58. The van der Waals surface area contributed by atoms with E-state index in [1.807, 2.05) is 0 Å². The molecule has 3 aromatic rings. The van der Waals surface area contributed by atoms with Crippen LogP contribution in [0, 0.1) is 0 Å². The van der Waals surface area contributed by atoms with Crippen molar-refractivity contribution in [3.05, 3.63) is 70.6 Å². The summed E-state index contributed by atoms with van der Waals surface area (Å²) < 4.78 is 1.59. The number of halogens is 2. The number of anilines is 1. The van der Waals surface area contributed by atoms with Crippen molar-refractivity contribution in [2.24, 2.45) is 0 Å². The van der Waals surface area contributed by atoms with Gasteiger partial charge in [0.2, 0.25) is 5.91 Å². The lowest BCUT2D eigenvalue weighted by atomic mass is 10.1. The van der Waals surface area contributed by atoms with Gasteiger partial charge in [-0.15, -0.1) is 0 Å². The summed E-state index contributed by atoms with van der Waals surface area (Å²) in [7, 11) is 0. The lowest BCUT2D eigenvalue weighted by Gasteiger charge is -2.10. The molecule has 0 aliphatic carbocycles. The van der Waals surface area contributed by atoms with Crippen LogP contribution in [-0.4, -0.2) is 20.7 Å². The number of nitrogens with zero attached hydrogens (tertiary/aromatic N) is 3. The molecule has 2 aromatic heterocycles. The van der Waals surface area contributed by atoms with Gasteiger partial charge in [0, 0.05) is 28.6 Å². The fourth-order valence-electron chi connectivity index (χ4n) is 2.10. The van der Waals surface area contributed by atoms with Crippen LogP contribution in [0.2, 0.25) is 10.0 Å². The predicted octanol–water partition coefficient (Wildman–Crippen LogP) is 3.76. The van der Waals surface area contributed by atoms with Crippen molar-refractivity contribution >= 4 is 34.8 Å². The molecule has 0 fully saturated rings. The van der Waals surface area contributed by atoms with Gasteiger partial charge in [0.1, 0.15) is 0 Å². The number of benzene rings is 1. The van der Waals surface area contributed by atoms with Crippen molar-refractivity contribution in [1.29, 1.82) is 0 Å². The van der Waals surface area contributed by atoms with E-state index in [0.29, 0.717) is 27.1 Å². The van der Waals surface area contributed by atoms with Crippen LogP contribution in [0.1, 0.15) is 5.56 Å². The fraction of sp³-hybridized carbons (Fsp3) is 0.0625. The highest BCUT2D eigenvalue weighted by molar-refractivity contribution is 6.35. The largest absolute Gasteiger partial charge is 0.323 e. The molecule has 2 heterocycles. The summed E-state index contributed by atoms with van der Waals surface area (Å²) in [5.41, 5.74) is 1.28. The van der Waals surface area contributed by atoms with E-state index in [9.17, 15) is 4.79 Å². The molecule has 0 radical (unpaired) electrons. The number of rotatable bonds is 4. The molecule has 0 bridgehead atoms. The van der Waals surface area contributed by atoms with Gasteiger partial charge < -0.3 is 5.32 Å². The first-order valence-corrected chi connectivity index (χ1v) is 7.58. The van der Waals surface area contributed by atoms with Crippen molar-refractivity contribution < 1.29 is 4.79 Å². The minimum atomic E-state index is -0.198. The van der Waals surface area contributed by atoms with Crippen molar-refractivity contribution in [2.75, 3.05) is 5.32 Å². The topological polar surface area (TPSA) is 59.8 Å². The van der Waals surface area contributed by atoms with Crippen LogP contribution < -0.4 is 5.32 Å². The van der Waals surface area contributed by atoms with Gasteiger partial charge in [0.05, 0.1) is 12.1 Å². The van der Waals surface area contributed by atoms with E-state index in [2.05, 4.69) is 15.4 Å². The van der Waals surface area contributed by atoms with Gasteiger partial charge in [-0.05, 0) is 35.9 Å². The maximum atomic E-state index is 12.3. The summed E-state index contributed by atoms with van der Waals surface area (Å²) in [5.74, 6) is 0.351. The Bertz CT molecular complexity index is 834. The molecule has 0 aliphatic rings. The quantitative estimate of drug-likeness (QED) is 0.782. The van der Waals surface area contributed by atoms with Gasteiger partial charge in [0.15, 0.2) is 5.82 Å². The van der Waals surface area contributed by atoms with E-state index in [1.165, 1.54) is 0 Å². The summed E-state index contributed by atoms with van der Waals surface area (Å²) in [6.07, 6.45) is 5.19. The van der Waals surface area contributed by atoms with Crippen LogP contribution >= 0.6 is 23.2 Å². The number of hydrogen-bond donors (Lipinski definition) is 1. The molecular formula is C16H12Cl2N4O. The monoisotopic (exact) mass is 346 g/mol. The zero-order chi connectivity index (χ0) is 16.2. The molecular weight excluding hydrogens is 335 g/mol. The Balaban J connectivity index is 1.78. The Morgan fingerprint density at radius 1 is 1.17 bits per heavy atom. The lowest BCUT2D eigenvalue weighted by molar-refractivity contribution is -0.115. The Morgan fingerprint density at radius 2 is 2.04 bits per heavy atom. The predicted molar refractivity (Wildman–Crippen MR) is 90.2 cm³/mol. The molecule has 0 saturated carbocycles. The number of aromatic nitrogens is 3. The van der Waals surface area contributed by atoms with Gasteiger partial charge in [0.25, 0.3) is 0 Å². The van der Waals surface area contributed by atoms with Gasteiger partial charge in [-0.25, -0.2) is 9.67 Å². The first-order chi connectivity index (χ1) is 11.1. The third kappa shape index (κ3) is 3.70. The molecule has 7 heteroatoms. The third-order valence-electron chi connectivity index (χ3n) is 3.15. The van der Waals surface area contributed by atoms with Crippen molar-refractivity contribution in [1.82, 2.24) is 14.8 Å². The molecule has 0 spiro atoms. The Hall–Kier alpha value is -2.37. The molecule has 116 valence electrons. The summed E-state index contributed by atoms with van der Waals surface area (Å²) in [6, 6.07) is 10.4. The normalized spacial score (nSPS) is 10.5. The maximum absolute atomic E-state index is 12.3. The molecule has 23 heavy (non-hydrogen) atoms. The van der Waals surface area contributed by atoms with E-state index in [0.717, 1.165) is 0 Å². The zero-order valence-corrected chi connectivity index (χ0v) is 13.4. The molecule has 0 atom stereocenters. The van der Waals surface area contributed by atoms with Crippen LogP contribution in [0.15, 0.2) is 55.0 Å². The highest BCUT2D eigenvalue weighted by Gasteiger charge is 2.12. The van der Waals surface area contributed by atoms with Crippen molar-refractivity contribution in [3.8, 4) is 5.82 Å². The number of carbonyl (C=O) groups excluding carboxylic acids is 1. The molecule has 5 nitrogen and oxygen atoms in total. The van der Waals surface area contributed by atoms with Crippen LogP contribution in [0.25, 0.3) is 5.82 Å². The van der Waals surface area contributed by atoms with Gasteiger partial charge in [-0.3, -0.25) is 4.79 Å². The number of nitrogens with one attached hydrogen (secondary N) is 1. The first-order valence-electron chi connectivity index (χ1n) is 6.82. The third-order valence-corrected chi connectivity index (χ3v) is 3.74. The average molecular weight is 347 g/mol. The van der Waals surface area contributed by atoms with Gasteiger partial charge >= 0.3 is 0 Å². The summed E-state index contributed by atoms with van der Waals surface area (Å²) in [4.78, 5) is 16.5. The summed E-state index contributed by atoms with van der Waals surface area (Å²) in [5, 5.41) is 7.96. The molecule has 1 aromatic carbocycles. The number of carbonyl (C=O) groups is 1. The van der Waals surface area contributed by atoms with E-state index in [-0.39, 0.29) is 12.3 Å². The average Bonchev–Trinajstić information content (AvgIpc) is 3.05. The minimum Gasteiger partial charge on any atom is -0.323 e. The van der Waals surface area contributed by atoms with Crippen molar-refractivity contribution in [3.63, 3.8) is 0 Å². The molecule has 0 aliphatic heterocycles. The molecule has 1 N–H and O–H groups in total. The van der Waals surface area contributed by atoms with Crippen molar-refractivity contribution in [2.45, 2.75) is 6.42 Å². The van der Waals surface area contributed by atoms with Crippen LogP contribution in [0.5, 0.6) is 0 Å². The van der Waals surface area contributed by atoms with Gasteiger partial charge in [-0.1, -0.05) is 29.3 Å².